The van der Waals surface area contributed by atoms with Gasteiger partial charge in [-0.25, -0.2) is 9.59 Å². The van der Waals surface area contributed by atoms with E-state index >= 15 is 0 Å². The third kappa shape index (κ3) is 26.5. The van der Waals surface area contributed by atoms with Crippen molar-refractivity contribution in [1.29, 1.82) is 0 Å². The van der Waals surface area contributed by atoms with Crippen LogP contribution in [0.25, 0.3) is 0 Å². The standard InChI is InChI=1S/C41H65F9N8O.C21H23F6N5OS2/c1-10-53(11-2)18-22-57(23-19-54(12-3)13-4)36-30(9)26-31(39(42,43)44)28-34(36)51-38(59)52-35-29-32(40(45,46)47)27-33(41(48,49)50)37(35)58(24-20-55(14-5)15-6)25-21-56(16-7)17-8;1-12(29)30-7-9-35-18-5-3-14(11-16(18)21(25,26)27)32-19(33)31-13-2-4-17(34-8-6-28)15(10-13)20(22,23)24/h26-29H,10-25H2,1-9H3,(H2,51,52,59);2-5,10-11H,6-9,28H2,1H3,(H2,29,30)(H2,31,32,33). The summed E-state index contributed by atoms with van der Waals surface area (Å²) in [6.07, 6.45) is -24.7. The second-order valence-corrected chi connectivity index (χ2v) is 23.5. The number of halogens is 15. The Morgan fingerprint density at radius 3 is 1.13 bits per heavy atom. The summed E-state index contributed by atoms with van der Waals surface area (Å²) >= 11 is 1.85. The predicted molar refractivity (Wildman–Crippen MR) is 349 cm³/mol. The average Bonchev–Trinajstić information content (AvgIpc) is 0.778. The molecule has 0 saturated carbocycles. The third-order valence-electron chi connectivity index (χ3n) is 15.0. The van der Waals surface area contributed by atoms with Crippen molar-refractivity contribution < 1.29 is 75.4 Å². The molecule has 4 amide bonds. The van der Waals surface area contributed by atoms with E-state index in [9.17, 15) is 75.4 Å². The van der Waals surface area contributed by atoms with Crippen molar-refractivity contribution in [2.75, 3.05) is 160 Å². The van der Waals surface area contributed by atoms with E-state index in [1.54, 1.807) is 6.92 Å². The number of likely N-dealkylation sites (N-methyl/N-ethyl adjacent to an activating group) is 4. The van der Waals surface area contributed by atoms with E-state index in [4.69, 9.17) is 11.5 Å². The van der Waals surface area contributed by atoms with E-state index in [1.165, 1.54) is 36.1 Å². The van der Waals surface area contributed by atoms with Crippen molar-refractivity contribution in [2.24, 2.45) is 16.5 Å². The molecule has 0 aliphatic heterocycles. The van der Waals surface area contributed by atoms with Gasteiger partial charge in [-0.15, -0.1) is 23.5 Å². The zero-order chi connectivity index (χ0) is 70.9. The van der Waals surface area contributed by atoms with Gasteiger partial charge in [0.2, 0.25) is 0 Å². The second kappa shape index (κ2) is 38.0. The number of rotatable bonds is 33. The monoisotopic (exact) mass is 1400 g/mol. The summed E-state index contributed by atoms with van der Waals surface area (Å²) in [6, 6.07) is 6.34. The smallest absolute Gasteiger partial charge is 0.388 e. The summed E-state index contributed by atoms with van der Waals surface area (Å²) in [5.41, 5.74) is 2.83. The summed E-state index contributed by atoms with van der Waals surface area (Å²) < 4.78 is 211. The van der Waals surface area contributed by atoms with Gasteiger partial charge >= 0.3 is 42.9 Å². The number of nitrogens with one attached hydrogen (secondary N) is 4. The Balaban J connectivity index is 0.000000558. The molecular weight excluding hydrogens is 1310 g/mol. The van der Waals surface area contributed by atoms with Gasteiger partial charge in [0.15, 0.2) is 0 Å². The van der Waals surface area contributed by atoms with E-state index in [2.05, 4.69) is 36.1 Å². The number of alkyl halides is 15. The minimum atomic E-state index is -5.28. The van der Waals surface area contributed by atoms with Gasteiger partial charge in [0.25, 0.3) is 0 Å². The Morgan fingerprint density at radius 2 is 0.787 bits per heavy atom. The average molecular weight is 1400 g/mol. The molecule has 0 heterocycles. The lowest BCUT2D eigenvalue weighted by Gasteiger charge is -2.34. The number of urea groups is 2. The molecule has 94 heavy (non-hydrogen) atoms. The number of thioether (sulfide) groups is 2. The highest BCUT2D eigenvalue weighted by molar-refractivity contribution is 7.99. The molecule has 4 aromatic rings. The number of aliphatic imine (C=N–C) groups is 1. The van der Waals surface area contributed by atoms with Crippen molar-refractivity contribution in [2.45, 2.75) is 110 Å². The number of amides is 4. The van der Waals surface area contributed by atoms with Gasteiger partial charge < -0.3 is 62.1 Å². The van der Waals surface area contributed by atoms with Crippen molar-refractivity contribution >= 4 is 75.5 Å². The lowest BCUT2D eigenvalue weighted by molar-refractivity contribution is -0.143. The van der Waals surface area contributed by atoms with Crippen LogP contribution < -0.4 is 42.5 Å². The quantitative estimate of drug-likeness (QED) is 0.00880. The molecule has 0 aromatic heterocycles. The van der Waals surface area contributed by atoms with Crippen LogP contribution in [0.2, 0.25) is 0 Å². The maximum atomic E-state index is 14.9. The summed E-state index contributed by atoms with van der Waals surface area (Å²) in [4.78, 5) is 41.5. The van der Waals surface area contributed by atoms with Gasteiger partial charge in [0.05, 0.1) is 62.9 Å². The number of nitrogens with zero attached hydrogens (tertiary/aromatic N) is 7. The lowest BCUT2D eigenvalue weighted by Crippen LogP contribution is -2.41. The number of nitrogens with two attached hydrogens (primary N) is 2. The molecule has 0 atom stereocenters. The van der Waals surface area contributed by atoms with Gasteiger partial charge in [0, 0.05) is 91.6 Å². The molecule has 0 radical (unpaired) electrons. The van der Waals surface area contributed by atoms with E-state index in [0.717, 1.165) is 47.8 Å². The fourth-order valence-electron chi connectivity index (χ4n) is 9.81. The summed E-state index contributed by atoms with van der Waals surface area (Å²) in [5, 5.41) is 9.10. The normalized spacial score (nSPS) is 12.6. The van der Waals surface area contributed by atoms with Crippen LogP contribution in [0.15, 0.2) is 75.4 Å². The molecule has 32 heteroatoms. The topological polar surface area (TPSA) is 166 Å². The van der Waals surface area contributed by atoms with Crippen LogP contribution in [0.3, 0.4) is 0 Å². The highest BCUT2D eigenvalue weighted by atomic mass is 32.2. The zero-order valence-corrected chi connectivity index (χ0v) is 56.1. The zero-order valence-electron chi connectivity index (χ0n) is 54.5. The van der Waals surface area contributed by atoms with Crippen molar-refractivity contribution in [3.8, 4) is 0 Å². The van der Waals surface area contributed by atoms with Crippen LogP contribution in [0.1, 0.15) is 95.7 Å². The molecule has 0 unspecified atom stereocenters. The fourth-order valence-corrected chi connectivity index (χ4v) is 11.5. The number of hydrogen-bond acceptors (Lipinski definition) is 12. The molecule has 4 rings (SSSR count). The Labute approximate surface area is 549 Å². The fraction of sp³-hybridized carbons (Fsp3) is 0.565. The highest BCUT2D eigenvalue weighted by Gasteiger charge is 2.42. The van der Waals surface area contributed by atoms with Gasteiger partial charge in [0.1, 0.15) is 0 Å². The SMILES string of the molecule is CC(N)=NCCSc1ccc(NC(=O)Nc2ccc(SCCN)c(C(F)(F)F)c2)cc1C(F)(F)F.CCN(CC)CCN(CCN(CC)CC)c1c(C)cc(C(F)(F)F)cc1NC(=O)Nc1cc(C(F)(F)F)cc(C(F)(F)F)c1N(CCN(CC)CC)CCN(CC)CC. The first-order chi connectivity index (χ1) is 43.9. The van der Waals surface area contributed by atoms with Gasteiger partial charge in [-0.3, -0.25) is 4.99 Å². The number of aryl methyl sites for hydroxylation is 1. The van der Waals surface area contributed by atoms with E-state index in [1.807, 2.05) is 70.1 Å². The minimum absolute atomic E-state index is 0.0291. The number of carbonyl (C=O) groups is 2. The van der Waals surface area contributed by atoms with Crippen LogP contribution in [-0.2, 0) is 30.9 Å². The number of benzene rings is 4. The van der Waals surface area contributed by atoms with Crippen LogP contribution in [0.5, 0.6) is 0 Å². The number of amidine groups is 1. The molecule has 0 saturated heterocycles. The largest absolute Gasteiger partial charge is 0.418 e. The van der Waals surface area contributed by atoms with Crippen LogP contribution in [0, 0.1) is 6.92 Å². The van der Waals surface area contributed by atoms with Gasteiger partial charge in [-0.1, -0.05) is 55.4 Å². The molecule has 4 aromatic carbocycles. The van der Waals surface area contributed by atoms with Crippen molar-refractivity contribution in [1.82, 2.24) is 19.6 Å². The van der Waals surface area contributed by atoms with E-state index in [0.29, 0.717) is 90.4 Å². The Kier molecular flexibility index (Phi) is 33.2. The van der Waals surface area contributed by atoms with Gasteiger partial charge in [-0.05, 0) is 132 Å². The Bertz CT molecular complexity index is 2990. The molecule has 15 nitrogen and oxygen atoms in total. The maximum absolute atomic E-state index is 14.9. The molecule has 0 fully saturated rings. The lowest BCUT2D eigenvalue weighted by atomic mass is 10.0. The molecular formula is C62H88F15N13O2S2. The molecule has 530 valence electrons. The van der Waals surface area contributed by atoms with Crippen LogP contribution in [0.4, 0.5) is 110 Å². The van der Waals surface area contributed by atoms with Crippen LogP contribution in [-0.4, -0.2) is 167 Å². The molecule has 0 aliphatic rings. The van der Waals surface area contributed by atoms with E-state index in [-0.39, 0.29) is 94.9 Å². The molecule has 0 aliphatic carbocycles. The highest BCUT2D eigenvalue weighted by Crippen LogP contribution is 2.47. The first-order valence-corrected chi connectivity index (χ1v) is 32.6. The Morgan fingerprint density at radius 1 is 0.447 bits per heavy atom. The molecule has 8 N–H and O–H groups in total. The van der Waals surface area contributed by atoms with Crippen molar-refractivity contribution in [3.05, 3.63) is 94.0 Å². The third-order valence-corrected chi connectivity index (χ3v) is 17.2. The van der Waals surface area contributed by atoms with E-state index < -0.39 is 82.1 Å². The summed E-state index contributed by atoms with van der Waals surface area (Å²) in [6.45, 7) is 26.2. The maximum Gasteiger partial charge on any atom is 0.418 e. The predicted octanol–water partition coefficient (Wildman–Crippen LogP) is 15.6. The first kappa shape index (κ1) is 82.2. The summed E-state index contributed by atoms with van der Waals surface area (Å²) in [5.74, 6) is 0.844. The number of anilines is 6. The summed E-state index contributed by atoms with van der Waals surface area (Å²) in [7, 11) is 0. The number of hydrogen-bond donors (Lipinski definition) is 6. The Hall–Kier alpha value is -6.06. The minimum Gasteiger partial charge on any atom is -0.388 e. The first-order valence-electron chi connectivity index (χ1n) is 30.7. The van der Waals surface area contributed by atoms with Gasteiger partial charge in [-0.2, -0.15) is 65.9 Å². The van der Waals surface area contributed by atoms with Crippen molar-refractivity contribution in [3.63, 3.8) is 0 Å². The van der Waals surface area contributed by atoms with Crippen LogP contribution >= 0.6 is 23.5 Å². The number of carbonyl (C=O) groups excluding carboxylic acids is 2. The molecule has 0 bridgehead atoms. The second-order valence-electron chi connectivity index (χ2n) is 21.3. The molecule has 0 spiro atoms.